The summed E-state index contributed by atoms with van der Waals surface area (Å²) < 4.78 is 16.7. The second kappa shape index (κ2) is 42.6. The van der Waals surface area contributed by atoms with Crippen LogP contribution in [0.5, 0.6) is 0 Å². The van der Waals surface area contributed by atoms with E-state index in [4.69, 9.17) is 14.2 Å². The molecule has 0 aliphatic heterocycles. The number of unbranched alkanes of at least 4 members (excludes halogenated alkanes) is 26. The highest BCUT2D eigenvalue weighted by Gasteiger charge is 2.19. The number of esters is 3. The Bertz CT molecular complexity index is 865. The van der Waals surface area contributed by atoms with E-state index in [0.717, 1.165) is 83.5 Å². The van der Waals surface area contributed by atoms with Crippen LogP contribution in [0.15, 0.2) is 24.3 Å². The van der Waals surface area contributed by atoms with Crippen molar-refractivity contribution in [2.75, 3.05) is 13.2 Å². The lowest BCUT2D eigenvalue weighted by Crippen LogP contribution is -2.30. The first-order valence-corrected chi connectivity index (χ1v) is 22.8. The first-order valence-electron chi connectivity index (χ1n) is 22.8. The fourth-order valence-corrected chi connectivity index (χ4v) is 6.48. The van der Waals surface area contributed by atoms with Crippen molar-refractivity contribution >= 4 is 17.9 Å². The summed E-state index contributed by atoms with van der Waals surface area (Å²) in [6, 6.07) is 0. The third kappa shape index (κ3) is 40.9. The second-order valence-electron chi connectivity index (χ2n) is 15.3. The van der Waals surface area contributed by atoms with E-state index >= 15 is 0 Å². The van der Waals surface area contributed by atoms with Crippen molar-refractivity contribution in [1.29, 1.82) is 0 Å². The Labute approximate surface area is 328 Å². The third-order valence-electron chi connectivity index (χ3n) is 9.94. The zero-order valence-electron chi connectivity index (χ0n) is 35.3. The molecule has 0 bridgehead atoms. The molecular weight excluding hydrogens is 661 g/mol. The van der Waals surface area contributed by atoms with Gasteiger partial charge in [-0.3, -0.25) is 14.4 Å². The summed E-state index contributed by atoms with van der Waals surface area (Å²) in [5, 5.41) is 0. The fourth-order valence-electron chi connectivity index (χ4n) is 6.48. The summed E-state index contributed by atoms with van der Waals surface area (Å²) in [6.45, 7) is 6.55. The van der Waals surface area contributed by atoms with Gasteiger partial charge in [0.1, 0.15) is 13.2 Å². The van der Waals surface area contributed by atoms with E-state index in [1.807, 2.05) is 0 Å². The molecule has 0 N–H and O–H groups in total. The molecule has 0 fully saturated rings. The van der Waals surface area contributed by atoms with E-state index < -0.39 is 6.10 Å². The van der Waals surface area contributed by atoms with Crippen LogP contribution in [0.25, 0.3) is 0 Å². The molecule has 0 aliphatic rings. The number of ether oxygens (including phenoxy) is 3. The number of carbonyl (C=O) groups excluding carboxylic acids is 3. The van der Waals surface area contributed by atoms with E-state index in [1.54, 1.807) is 0 Å². The van der Waals surface area contributed by atoms with E-state index in [1.165, 1.54) is 116 Å². The highest BCUT2D eigenvalue weighted by molar-refractivity contribution is 5.71. The smallest absolute Gasteiger partial charge is 0.306 e. The van der Waals surface area contributed by atoms with Crippen molar-refractivity contribution in [2.45, 2.75) is 245 Å². The quantitative estimate of drug-likeness (QED) is 0.0268. The molecule has 0 amide bonds. The summed E-state index contributed by atoms with van der Waals surface area (Å²) in [5.74, 6) is -0.883. The van der Waals surface area contributed by atoms with Crippen LogP contribution in [0.3, 0.4) is 0 Å². The molecule has 0 heterocycles. The molecule has 0 aliphatic carbocycles. The van der Waals surface area contributed by atoms with Gasteiger partial charge in [-0.15, -0.1) is 0 Å². The Morgan fingerprint density at radius 1 is 0.377 bits per heavy atom. The number of rotatable bonds is 41. The highest BCUT2D eigenvalue weighted by Crippen LogP contribution is 2.15. The molecule has 310 valence electrons. The molecule has 1 unspecified atom stereocenters. The van der Waals surface area contributed by atoms with Gasteiger partial charge in [0.05, 0.1) is 0 Å². The summed E-state index contributed by atoms with van der Waals surface area (Å²) >= 11 is 0. The van der Waals surface area contributed by atoms with Gasteiger partial charge in [-0.05, 0) is 44.9 Å². The lowest BCUT2D eigenvalue weighted by molar-refractivity contribution is -0.167. The minimum atomic E-state index is -0.768. The van der Waals surface area contributed by atoms with Gasteiger partial charge in [-0.1, -0.05) is 199 Å². The second-order valence-corrected chi connectivity index (χ2v) is 15.3. The van der Waals surface area contributed by atoms with Crippen molar-refractivity contribution in [2.24, 2.45) is 0 Å². The Balaban J connectivity index is 4.36. The SMILES string of the molecule is CCC/C=C\C/C=C\CCCCCCCC(=O)OCC(COC(=O)CCCCCCCCCCCC)OC(=O)CCCCCCCCCCCCCC. The molecule has 0 rings (SSSR count). The number of allylic oxidation sites excluding steroid dienone is 4. The molecule has 0 aromatic carbocycles. The third-order valence-corrected chi connectivity index (χ3v) is 9.94. The zero-order valence-corrected chi connectivity index (χ0v) is 35.3. The van der Waals surface area contributed by atoms with Crippen LogP contribution in [0.1, 0.15) is 239 Å². The van der Waals surface area contributed by atoms with Gasteiger partial charge in [-0.2, -0.15) is 0 Å². The van der Waals surface area contributed by atoms with Gasteiger partial charge >= 0.3 is 17.9 Å². The first-order chi connectivity index (χ1) is 26.0. The average molecular weight is 747 g/mol. The maximum Gasteiger partial charge on any atom is 0.306 e. The predicted octanol–water partition coefficient (Wildman–Crippen LogP) is 14.4. The van der Waals surface area contributed by atoms with Crippen molar-refractivity contribution in [3.63, 3.8) is 0 Å². The molecule has 1 atom stereocenters. The van der Waals surface area contributed by atoms with E-state index in [2.05, 4.69) is 45.1 Å². The lowest BCUT2D eigenvalue weighted by Gasteiger charge is -2.18. The van der Waals surface area contributed by atoms with Gasteiger partial charge < -0.3 is 14.2 Å². The van der Waals surface area contributed by atoms with Crippen LogP contribution in [0, 0.1) is 0 Å². The van der Waals surface area contributed by atoms with Crippen molar-refractivity contribution in [3.8, 4) is 0 Å². The Morgan fingerprint density at radius 3 is 1.11 bits per heavy atom. The molecule has 0 spiro atoms. The standard InChI is InChI=1S/C47H86O6/c1-4-7-10-13-16-19-22-24-26-28-31-34-37-40-46(49)52-43-44(42-51-45(48)39-36-33-30-27-21-18-15-12-9-6-3)53-47(50)41-38-35-32-29-25-23-20-17-14-11-8-5-2/h10,13,19,22,44H,4-9,11-12,14-18,20-21,23-43H2,1-3H3/b13-10-,22-19-. The van der Waals surface area contributed by atoms with Crippen LogP contribution in [-0.2, 0) is 28.6 Å². The number of hydrogen-bond acceptors (Lipinski definition) is 6. The van der Waals surface area contributed by atoms with Crippen LogP contribution in [0.2, 0.25) is 0 Å². The van der Waals surface area contributed by atoms with Gasteiger partial charge in [0.25, 0.3) is 0 Å². The number of hydrogen-bond donors (Lipinski definition) is 0. The molecule has 6 heteroatoms. The van der Waals surface area contributed by atoms with Crippen molar-refractivity contribution < 1.29 is 28.6 Å². The van der Waals surface area contributed by atoms with Gasteiger partial charge in [0, 0.05) is 19.3 Å². The molecule has 6 nitrogen and oxygen atoms in total. The van der Waals surface area contributed by atoms with Gasteiger partial charge in [0.2, 0.25) is 0 Å². The Kier molecular flexibility index (Phi) is 40.9. The van der Waals surface area contributed by atoms with E-state index in [-0.39, 0.29) is 31.1 Å². The van der Waals surface area contributed by atoms with E-state index in [0.29, 0.717) is 19.3 Å². The minimum absolute atomic E-state index is 0.0719. The molecule has 0 aromatic rings. The Morgan fingerprint density at radius 2 is 0.717 bits per heavy atom. The van der Waals surface area contributed by atoms with Crippen LogP contribution in [0.4, 0.5) is 0 Å². The molecule has 53 heavy (non-hydrogen) atoms. The molecule has 0 saturated heterocycles. The lowest BCUT2D eigenvalue weighted by atomic mass is 10.0. The summed E-state index contributed by atoms with van der Waals surface area (Å²) in [5.41, 5.74) is 0. The minimum Gasteiger partial charge on any atom is -0.462 e. The van der Waals surface area contributed by atoms with Crippen molar-refractivity contribution in [3.05, 3.63) is 24.3 Å². The maximum atomic E-state index is 12.7. The van der Waals surface area contributed by atoms with Gasteiger partial charge in [0.15, 0.2) is 6.10 Å². The fraction of sp³-hybridized carbons (Fsp3) is 0.851. The number of carbonyl (C=O) groups is 3. The maximum absolute atomic E-state index is 12.7. The van der Waals surface area contributed by atoms with Crippen molar-refractivity contribution in [1.82, 2.24) is 0 Å². The summed E-state index contributed by atoms with van der Waals surface area (Å²) in [7, 11) is 0. The summed E-state index contributed by atoms with van der Waals surface area (Å²) in [6.07, 6.45) is 45.8. The topological polar surface area (TPSA) is 78.9 Å². The normalized spacial score (nSPS) is 12.1. The average Bonchev–Trinajstić information content (AvgIpc) is 3.15. The molecule has 0 radical (unpaired) electrons. The summed E-state index contributed by atoms with van der Waals surface area (Å²) in [4.78, 5) is 37.7. The Hall–Kier alpha value is -2.11. The zero-order chi connectivity index (χ0) is 38.7. The van der Waals surface area contributed by atoms with Gasteiger partial charge in [-0.25, -0.2) is 0 Å². The molecule has 0 saturated carbocycles. The van der Waals surface area contributed by atoms with Crippen LogP contribution >= 0.6 is 0 Å². The monoisotopic (exact) mass is 747 g/mol. The highest BCUT2D eigenvalue weighted by atomic mass is 16.6. The van der Waals surface area contributed by atoms with E-state index in [9.17, 15) is 14.4 Å². The van der Waals surface area contributed by atoms with Crippen LogP contribution in [-0.4, -0.2) is 37.2 Å². The largest absolute Gasteiger partial charge is 0.462 e. The van der Waals surface area contributed by atoms with Crippen LogP contribution < -0.4 is 0 Å². The molecule has 0 aromatic heterocycles. The first kappa shape index (κ1) is 50.9. The molecular formula is C47H86O6. The predicted molar refractivity (Wildman–Crippen MR) is 224 cm³/mol.